The Bertz CT molecular complexity index is 617. The summed E-state index contributed by atoms with van der Waals surface area (Å²) in [6.07, 6.45) is 0. The van der Waals surface area contributed by atoms with Gasteiger partial charge in [0, 0.05) is 0 Å². The second-order valence-electron chi connectivity index (χ2n) is 3.85. The molecule has 0 saturated heterocycles. The van der Waals surface area contributed by atoms with Gasteiger partial charge in [-0.1, -0.05) is 17.7 Å². The first-order valence-electron chi connectivity index (χ1n) is 5.33. The zero-order valence-electron chi connectivity index (χ0n) is 9.94. The van der Waals surface area contributed by atoms with E-state index in [9.17, 15) is 20.1 Å². The van der Waals surface area contributed by atoms with Crippen molar-refractivity contribution in [3.05, 3.63) is 57.8 Å². The molecule has 7 nitrogen and oxygen atoms in total. The van der Waals surface area contributed by atoms with Gasteiger partial charge in [-0.25, -0.2) is 0 Å². The first kappa shape index (κ1) is 12.8. The summed E-state index contributed by atoms with van der Waals surface area (Å²) in [6, 6.07) is 8.72. The Labute approximate surface area is 107 Å². The number of benzene rings is 1. The summed E-state index contributed by atoms with van der Waals surface area (Å²) in [6.45, 7) is 1.86. The Balaban J connectivity index is 2.22. The fraction of sp³-hybridized carbons (Fsp3) is 0.0833. The zero-order chi connectivity index (χ0) is 14.0. The lowest BCUT2D eigenvalue weighted by Crippen LogP contribution is -2.26. The molecular formula is C12H10N2O5. The molecule has 0 unspecified atom stereocenters. The van der Waals surface area contributed by atoms with Gasteiger partial charge in [0.05, 0.1) is 11.8 Å². The molecule has 0 radical (unpaired) electrons. The molecule has 0 aliphatic heterocycles. The predicted octanol–water partition coefficient (Wildman–Crippen LogP) is 2.53. The van der Waals surface area contributed by atoms with Crippen LogP contribution in [-0.4, -0.2) is 16.0 Å². The highest BCUT2D eigenvalue weighted by Crippen LogP contribution is 2.20. The lowest BCUT2D eigenvalue weighted by atomic mass is 10.2. The predicted molar refractivity (Wildman–Crippen MR) is 65.1 cm³/mol. The molecule has 98 valence electrons. The van der Waals surface area contributed by atoms with Crippen LogP contribution in [0.5, 0.6) is 0 Å². The Morgan fingerprint density at radius 1 is 1.26 bits per heavy atom. The molecule has 1 aromatic heterocycles. The van der Waals surface area contributed by atoms with Crippen LogP contribution in [-0.2, 0) is 0 Å². The monoisotopic (exact) mass is 262 g/mol. The maximum absolute atomic E-state index is 11.8. The highest BCUT2D eigenvalue weighted by atomic mass is 16.6. The highest BCUT2D eigenvalue weighted by Gasteiger charge is 2.22. The van der Waals surface area contributed by atoms with Gasteiger partial charge in [0.25, 0.3) is 0 Å². The van der Waals surface area contributed by atoms with Crippen LogP contribution >= 0.6 is 0 Å². The lowest BCUT2D eigenvalue weighted by Gasteiger charge is -2.13. The number of hydroxylamine groups is 1. The quantitative estimate of drug-likeness (QED) is 0.520. The van der Waals surface area contributed by atoms with Gasteiger partial charge in [0.15, 0.2) is 0 Å². The van der Waals surface area contributed by atoms with Gasteiger partial charge in [-0.3, -0.25) is 20.1 Å². The SMILES string of the molecule is Cc1ccc(N(O)C(=O)c2ccc([N+](=O)[O-])o2)cc1. The molecule has 2 rings (SSSR count). The minimum atomic E-state index is -0.878. The molecule has 1 N–H and O–H groups in total. The number of carbonyl (C=O) groups excluding carboxylic acids is 1. The second-order valence-corrected chi connectivity index (χ2v) is 3.85. The van der Waals surface area contributed by atoms with Gasteiger partial charge in [0.1, 0.15) is 4.92 Å². The number of anilines is 1. The van der Waals surface area contributed by atoms with Gasteiger partial charge < -0.3 is 4.42 Å². The molecule has 0 aliphatic rings. The number of hydrogen-bond acceptors (Lipinski definition) is 5. The number of furan rings is 1. The molecule has 19 heavy (non-hydrogen) atoms. The molecule has 0 saturated carbocycles. The van der Waals surface area contributed by atoms with Crippen molar-refractivity contribution in [2.24, 2.45) is 0 Å². The van der Waals surface area contributed by atoms with Gasteiger partial charge in [-0.05, 0) is 25.1 Å². The Morgan fingerprint density at radius 3 is 2.42 bits per heavy atom. The van der Waals surface area contributed by atoms with E-state index >= 15 is 0 Å². The fourth-order valence-corrected chi connectivity index (χ4v) is 1.45. The Morgan fingerprint density at radius 2 is 1.89 bits per heavy atom. The van der Waals surface area contributed by atoms with Crippen molar-refractivity contribution >= 4 is 17.5 Å². The van der Waals surface area contributed by atoms with Crippen molar-refractivity contribution in [1.82, 2.24) is 0 Å². The lowest BCUT2D eigenvalue weighted by molar-refractivity contribution is -0.402. The second kappa shape index (κ2) is 4.91. The van der Waals surface area contributed by atoms with E-state index < -0.39 is 16.7 Å². The van der Waals surface area contributed by atoms with E-state index in [2.05, 4.69) is 0 Å². The van der Waals surface area contributed by atoms with E-state index in [1.807, 2.05) is 6.92 Å². The van der Waals surface area contributed by atoms with Crippen molar-refractivity contribution in [2.75, 3.05) is 5.06 Å². The molecule has 1 heterocycles. The zero-order valence-corrected chi connectivity index (χ0v) is 9.94. The van der Waals surface area contributed by atoms with Gasteiger partial charge >= 0.3 is 11.8 Å². The first-order chi connectivity index (χ1) is 8.99. The number of amides is 1. The Hall–Kier alpha value is -2.67. The van der Waals surface area contributed by atoms with Crippen LogP contribution in [0.2, 0.25) is 0 Å². The summed E-state index contributed by atoms with van der Waals surface area (Å²) in [4.78, 5) is 21.5. The number of aryl methyl sites for hydroxylation is 1. The van der Waals surface area contributed by atoms with Crippen LogP contribution < -0.4 is 5.06 Å². The maximum atomic E-state index is 11.8. The largest absolute Gasteiger partial charge is 0.433 e. The van der Waals surface area contributed by atoms with Gasteiger partial charge in [-0.2, -0.15) is 5.06 Å². The van der Waals surface area contributed by atoms with Crippen molar-refractivity contribution in [3.63, 3.8) is 0 Å². The van der Waals surface area contributed by atoms with E-state index in [1.54, 1.807) is 24.3 Å². The van der Waals surface area contributed by atoms with E-state index in [0.29, 0.717) is 5.06 Å². The summed E-state index contributed by atoms with van der Waals surface area (Å²) >= 11 is 0. The molecule has 0 aliphatic carbocycles. The van der Waals surface area contributed by atoms with Crippen LogP contribution in [0.3, 0.4) is 0 Å². The summed E-state index contributed by atoms with van der Waals surface area (Å²) in [5.74, 6) is -1.74. The van der Waals surface area contributed by atoms with Crippen molar-refractivity contribution < 1.29 is 19.3 Å². The van der Waals surface area contributed by atoms with Crippen molar-refractivity contribution in [1.29, 1.82) is 0 Å². The minimum Gasteiger partial charge on any atom is -0.395 e. The normalized spacial score (nSPS) is 10.2. The van der Waals surface area contributed by atoms with Crippen LogP contribution in [0.25, 0.3) is 0 Å². The average molecular weight is 262 g/mol. The smallest absolute Gasteiger partial charge is 0.395 e. The van der Waals surface area contributed by atoms with Crippen molar-refractivity contribution in [3.8, 4) is 0 Å². The summed E-state index contributed by atoms with van der Waals surface area (Å²) in [7, 11) is 0. The molecular weight excluding hydrogens is 252 g/mol. The highest BCUT2D eigenvalue weighted by molar-refractivity contribution is 6.02. The average Bonchev–Trinajstić information content (AvgIpc) is 2.87. The van der Waals surface area contributed by atoms with Crippen LogP contribution in [0.15, 0.2) is 40.8 Å². The minimum absolute atomic E-state index is 0.245. The molecule has 1 aromatic carbocycles. The summed E-state index contributed by atoms with van der Waals surface area (Å²) in [5, 5.41) is 20.6. The van der Waals surface area contributed by atoms with Crippen molar-refractivity contribution in [2.45, 2.75) is 6.92 Å². The van der Waals surface area contributed by atoms with Gasteiger partial charge in [-0.15, -0.1) is 0 Å². The molecule has 0 bridgehead atoms. The number of nitro groups is 1. The molecule has 2 aromatic rings. The molecule has 0 atom stereocenters. The van der Waals surface area contributed by atoms with E-state index in [1.165, 1.54) is 0 Å². The van der Waals surface area contributed by atoms with E-state index in [0.717, 1.165) is 17.7 Å². The van der Waals surface area contributed by atoms with Crippen LogP contribution in [0.1, 0.15) is 16.1 Å². The third kappa shape index (κ3) is 2.61. The molecule has 0 fully saturated rings. The number of nitrogens with zero attached hydrogens (tertiary/aromatic N) is 2. The molecule has 1 amide bonds. The fourth-order valence-electron chi connectivity index (χ4n) is 1.45. The summed E-state index contributed by atoms with van der Waals surface area (Å²) in [5.41, 5.74) is 1.22. The molecule has 0 spiro atoms. The van der Waals surface area contributed by atoms with Crippen LogP contribution in [0.4, 0.5) is 11.6 Å². The molecule has 7 heteroatoms. The van der Waals surface area contributed by atoms with Gasteiger partial charge in [0.2, 0.25) is 5.76 Å². The van der Waals surface area contributed by atoms with E-state index in [-0.39, 0.29) is 11.4 Å². The number of hydrogen-bond donors (Lipinski definition) is 1. The summed E-state index contributed by atoms with van der Waals surface area (Å²) < 4.78 is 4.72. The maximum Gasteiger partial charge on any atom is 0.433 e. The third-order valence-corrected chi connectivity index (χ3v) is 2.45. The first-order valence-corrected chi connectivity index (χ1v) is 5.33. The number of carbonyl (C=O) groups is 1. The Kier molecular flexibility index (Phi) is 3.30. The standard InChI is InChI=1S/C12H10N2O5/c1-8-2-4-9(5-3-8)13(16)12(15)10-6-7-11(19-10)14(17)18/h2-7,16H,1H3. The topological polar surface area (TPSA) is 96.8 Å². The number of rotatable bonds is 3. The van der Waals surface area contributed by atoms with E-state index in [4.69, 9.17) is 4.42 Å². The van der Waals surface area contributed by atoms with Crippen LogP contribution in [0, 0.1) is 17.0 Å². The third-order valence-electron chi connectivity index (χ3n) is 2.45.